The molecule has 6 heteroatoms. The first-order valence-corrected chi connectivity index (χ1v) is 8.60. The summed E-state index contributed by atoms with van der Waals surface area (Å²) in [5, 5.41) is 8.74. The van der Waals surface area contributed by atoms with Gasteiger partial charge < -0.3 is 10.6 Å². The predicted octanol–water partition coefficient (Wildman–Crippen LogP) is 2.83. The van der Waals surface area contributed by atoms with Crippen LogP contribution in [0.1, 0.15) is 44.8 Å². The molecule has 0 saturated heterocycles. The molecule has 1 rings (SSSR count). The first kappa shape index (κ1) is 17.9. The number of aromatic nitrogens is 1. The number of hydrogen-bond donors (Lipinski definition) is 2. The minimum absolute atomic E-state index is 0.115. The van der Waals surface area contributed by atoms with Crippen LogP contribution in [0.4, 0.5) is 4.79 Å². The Hall–Kier alpha value is -1.14. The molecule has 0 aliphatic carbocycles. The highest BCUT2D eigenvalue weighted by molar-refractivity contribution is 7.09. The van der Waals surface area contributed by atoms with E-state index in [1.54, 1.807) is 11.3 Å². The molecule has 120 valence electrons. The SMILES string of the molecule is CCN(CC)Cc1csc(CNC(=O)NCCC(C)C)n1. The van der Waals surface area contributed by atoms with Gasteiger partial charge in [0.2, 0.25) is 0 Å². The van der Waals surface area contributed by atoms with E-state index < -0.39 is 0 Å². The van der Waals surface area contributed by atoms with Crippen LogP contribution >= 0.6 is 11.3 Å². The molecular formula is C15H28N4OS. The third-order valence-electron chi connectivity index (χ3n) is 3.29. The molecule has 2 amide bonds. The van der Waals surface area contributed by atoms with Crippen molar-refractivity contribution in [2.75, 3.05) is 19.6 Å². The van der Waals surface area contributed by atoms with E-state index in [0.717, 1.165) is 36.8 Å². The van der Waals surface area contributed by atoms with Crippen LogP contribution in [0.25, 0.3) is 0 Å². The Bertz CT molecular complexity index is 416. The summed E-state index contributed by atoms with van der Waals surface area (Å²) < 4.78 is 0. The Morgan fingerprint density at radius 3 is 2.67 bits per heavy atom. The highest BCUT2D eigenvalue weighted by atomic mass is 32.1. The molecule has 1 aromatic rings. The van der Waals surface area contributed by atoms with Crippen LogP contribution in [0.2, 0.25) is 0 Å². The zero-order chi connectivity index (χ0) is 15.7. The van der Waals surface area contributed by atoms with Crippen molar-refractivity contribution in [3.8, 4) is 0 Å². The smallest absolute Gasteiger partial charge is 0.315 e. The summed E-state index contributed by atoms with van der Waals surface area (Å²) in [5.41, 5.74) is 1.08. The number of hydrogen-bond acceptors (Lipinski definition) is 4. The zero-order valence-electron chi connectivity index (χ0n) is 13.6. The minimum Gasteiger partial charge on any atom is -0.338 e. The molecule has 1 heterocycles. The van der Waals surface area contributed by atoms with Crippen molar-refractivity contribution in [2.45, 2.75) is 47.2 Å². The quantitative estimate of drug-likeness (QED) is 0.737. The Balaban J connectivity index is 2.29. The maximum absolute atomic E-state index is 11.6. The standard InChI is InChI=1S/C15H28N4OS/c1-5-19(6-2)10-13-11-21-14(18-13)9-17-15(20)16-8-7-12(3)4/h11-12H,5-10H2,1-4H3,(H2,16,17,20). The molecule has 0 fully saturated rings. The van der Waals surface area contributed by atoms with Crippen molar-refractivity contribution in [2.24, 2.45) is 5.92 Å². The number of urea groups is 1. The van der Waals surface area contributed by atoms with E-state index in [1.807, 2.05) is 0 Å². The van der Waals surface area contributed by atoms with Gasteiger partial charge in [-0.2, -0.15) is 0 Å². The van der Waals surface area contributed by atoms with Crippen LogP contribution in [-0.4, -0.2) is 35.5 Å². The van der Waals surface area contributed by atoms with Crippen LogP contribution in [0.5, 0.6) is 0 Å². The van der Waals surface area contributed by atoms with Gasteiger partial charge in [-0.05, 0) is 25.4 Å². The largest absolute Gasteiger partial charge is 0.338 e. The molecule has 2 N–H and O–H groups in total. The molecule has 0 atom stereocenters. The van der Waals surface area contributed by atoms with Gasteiger partial charge in [-0.15, -0.1) is 11.3 Å². The number of amides is 2. The number of rotatable bonds is 9. The molecule has 5 nitrogen and oxygen atoms in total. The lowest BCUT2D eigenvalue weighted by molar-refractivity contribution is 0.240. The summed E-state index contributed by atoms with van der Waals surface area (Å²) >= 11 is 1.60. The first-order valence-electron chi connectivity index (χ1n) is 7.72. The van der Waals surface area contributed by atoms with E-state index in [9.17, 15) is 4.79 Å². The van der Waals surface area contributed by atoms with E-state index in [1.165, 1.54) is 0 Å². The number of nitrogens with one attached hydrogen (secondary N) is 2. The van der Waals surface area contributed by atoms with Crippen molar-refractivity contribution in [3.05, 3.63) is 16.1 Å². The van der Waals surface area contributed by atoms with Gasteiger partial charge in [0.1, 0.15) is 5.01 Å². The van der Waals surface area contributed by atoms with Crippen LogP contribution < -0.4 is 10.6 Å². The highest BCUT2D eigenvalue weighted by Gasteiger charge is 2.07. The topological polar surface area (TPSA) is 57.3 Å². The van der Waals surface area contributed by atoms with Gasteiger partial charge in [0.25, 0.3) is 0 Å². The fourth-order valence-corrected chi connectivity index (χ4v) is 2.60. The van der Waals surface area contributed by atoms with Gasteiger partial charge in [-0.25, -0.2) is 9.78 Å². The third-order valence-corrected chi connectivity index (χ3v) is 4.18. The fraction of sp³-hybridized carbons (Fsp3) is 0.733. The maximum atomic E-state index is 11.6. The summed E-state index contributed by atoms with van der Waals surface area (Å²) in [7, 11) is 0. The number of nitrogens with zero attached hydrogens (tertiary/aromatic N) is 2. The van der Waals surface area contributed by atoms with Gasteiger partial charge in [0.05, 0.1) is 12.2 Å². The monoisotopic (exact) mass is 312 g/mol. The summed E-state index contributed by atoms with van der Waals surface area (Å²) in [5.74, 6) is 0.604. The van der Waals surface area contributed by atoms with Gasteiger partial charge in [-0.1, -0.05) is 27.7 Å². The molecule has 0 aliphatic heterocycles. The Labute approximate surface area is 132 Å². The fourth-order valence-electron chi connectivity index (χ4n) is 1.87. The molecule has 0 spiro atoms. The third kappa shape index (κ3) is 7.43. The van der Waals surface area contributed by atoms with Crippen molar-refractivity contribution < 1.29 is 4.79 Å². The van der Waals surface area contributed by atoms with E-state index in [-0.39, 0.29) is 6.03 Å². The molecule has 0 unspecified atom stereocenters. The minimum atomic E-state index is -0.115. The Kier molecular flexibility index (Phi) is 8.30. The summed E-state index contributed by atoms with van der Waals surface area (Å²) in [6, 6.07) is -0.115. The number of carbonyl (C=O) groups excluding carboxylic acids is 1. The van der Waals surface area contributed by atoms with E-state index in [4.69, 9.17) is 0 Å². The van der Waals surface area contributed by atoms with Gasteiger partial charge in [0.15, 0.2) is 0 Å². The number of carbonyl (C=O) groups is 1. The second kappa shape index (κ2) is 9.73. The normalized spacial score (nSPS) is 11.1. The van der Waals surface area contributed by atoms with Crippen LogP contribution in [-0.2, 0) is 13.1 Å². The van der Waals surface area contributed by atoms with E-state index >= 15 is 0 Å². The molecule has 0 radical (unpaired) electrons. The second-order valence-corrected chi connectivity index (χ2v) is 6.43. The summed E-state index contributed by atoms with van der Waals surface area (Å²) in [4.78, 5) is 18.5. The Morgan fingerprint density at radius 1 is 1.33 bits per heavy atom. The van der Waals surface area contributed by atoms with Crippen molar-refractivity contribution in [3.63, 3.8) is 0 Å². The van der Waals surface area contributed by atoms with E-state index in [0.29, 0.717) is 19.0 Å². The van der Waals surface area contributed by atoms with E-state index in [2.05, 4.69) is 53.6 Å². The molecule has 0 saturated carbocycles. The van der Waals surface area contributed by atoms with Crippen LogP contribution in [0.3, 0.4) is 0 Å². The van der Waals surface area contributed by atoms with Crippen molar-refractivity contribution in [1.29, 1.82) is 0 Å². The van der Waals surface area contributed by atoms with Crippen LogP contribution in [0.15, 0.2) is 5.38 Å². The lowest BCUT2D eigenvalue weighted by Crippen LogP contribution is -2.35. The lowest BCUT2D eigenvalue weighted by Gasteiger charge is -2.15. The number of thiazole rings is 1. The molecule has 1 aromatic heterocycles. The predicted molar refractivity (Wildman–Crippen MR) is 88.4 cm³/mol. The molecular weight excluding hydrogens is 284 g/mol. The second-order valence-electron chi connectivity index (χ2n) is 5.49. The highest BCUT2D eigenvalue weighted by Crippen LogP contribution is 2.11. The maximum Gasteiger partial charge on any atom is 0.315 e. The summed E-state index contributed by atoms with van der Waals surface area (Å²) in [6.07, 6.45) is 0.999. The zero-order valence-corrected chi connectivity index (χ0v) is 14.4. The summed E-state index contributed by atoms with van der Waals surface area (Å²) in [6.45, 7) is 12.7. The Morgan fingerprint density at radius 2 is 2.05 bits per heavy atom. The molecule has 0 aromatic carbocycles. The lowest BCUT2D eigenvalue weighted by atomic mass is 10.1. The molecule has 0 aliphatic rings. The van der Waals surface area contributed by atoms with Crippen molar-refractivity contribution in [1.82, 2.24) is 20.5 Å². The van der Waals surface area contributed by atoms with Gasteiger partial charge in [0, 0.05) is 18.5 Å². The van der Waals surface area contributed by atoms with Crippen molar-refractivity contribution >= 4 is 17.4 Å². The average molecular weight is 312 g/mol. The van der Waals surface area contributed by atoms with Crippen LogP contribution in [0, 0.1) is 5.92 Å². The molecule has 21 heavy (non-hydrogen) atoms. The van der Waals surface area contributed by atoms with Gasteiger partial charge >= 0.3 is 6.03 Å². The molecule has 0 bridgehead atoms. The first-order chi connectivity index (χ1) is 10.0. The average Bonchev–Trinajstić information content (AvgIpc) is 2.89. The van der Waals surface area contributed by atoms with Gasteiger partial charge in [-0.3, -0.25) is 4.90 Å².